The van der Waals surface area contributed by atoms with Crippen LogP contribution >= 0.6 is 0 Å². The number of methoxy groups -OCH3 is 1. The fourth-order valence-electron chi connectivity index (χ4n) is 4.88. The van der Waals surface area contributed by atoms with Crippen LogP contribution in [-0.4, -0.2) is 55.0 Å². The number of nitrogens with zero attached hydrogens (tertiary/aromatic N) is 2. The van der Waals surface area contributed by atoms with Crippen LogP contribution in [0, 0.1) is 5.92 Å². The summed E-state index contributed by atoms with van der Waals surface area (Å²) in [7, 11) is 1.79. The molecular weight excluding hydrogens is 336 g/mol. The lowest BCUT2D eigenvalue weighted by Crippen LogP contribution is -2.46. The molecule has 2 heterocycles. The SMILES string of the molecule is COc1cccc(C2=CCN(C3CCN(C(=O)C4CC4)CC3)C2)c1C1CC1. The summed E-state index contributed by atoms with van der Waals surface area (Å²) >= 11 is 0. The van der Waals surface area contributed by atoms with Gasteiger partial charge in [0.2, 0.25) is 5.91 Å². The summed E-state index contributed by atoms with van der Waals surface area (Å²) in [4.78, 5) is 17.0. The summed E-state index contributed by atoms with van der Waals surface area (Å²) in [5.41, 5.74) is 4.30. The third kappa shape index (κ3) is 3.40. The molecule has 1 saturated heterocycles. The third-order valence-corrected chi connectivity index (χ3v) is 6.78. The normalized spacial score (nSPS) is 24.2. The Morgan fingerprint density at radius 2 is 1.85 bits per heavy atom. The lowest BCUT2D eigenvalue weighted by atomic mass is 9.95. The number of hydrogen-bond acceptors (Lipinski definition) is 3. The highest BCUT2D eigenvalue weighted by Gasteiger charge is 2.37. The molecule has 0 aromatic heterocycles. The van der Waals surface area contributed by atoms with Crippen LogP contribution in [0.1, 0.15) is 55.6 Å². The maximum atomic E-state index is 12.3. The topological polar surface area (TPSA) is 32.8 Å². The van der Waals surface area contributed by atoms with Gasteiger partial charge in [-0.2, -0.15) is 0 Å². The molecule has 0 spiro atoms. The van der Waals surface area contributed by atoms with Gasteiger partial charge in [-0.05, 0) is 61.6 Å². The van der Waals surface area contributed by atoms with Crippen LogP contribution in [0.15, 0.2) is 24.3 Å². The molecule has 5 rings (SSSR count). The fraction of sp³-hybridized carbons (Fsp3) is 0.609. The highest BCUT2D eigenvalue weighted by molar-refractivity contribution is 5.81. The van der Waals surface area contributed by atoms with Gasteiger partial charge in [-0.3, -0.25) is 9.69 Å². The van der Waals surface area contributed by atoms with E-state index in [-0.39, 0.29) is 0 Å². The quantitative estimate of drug-likeness (QED) is 0.797. The predicted molar refractivity (Wildman–Crippen MR) is 107 cm³/mol. The molecule has 0 unspecified atom stereocenters. The molecule has 0 atom stereocenters. The highest BCUT2D eigenvalue weighted by atomic mass is 16.5. The number of piperidine rings is 1. The molecular formula is C23H30N2O2. The Labute approximate surface area is 162 Å². The van der Waals surface area contributed by atoms with Crippen molar-refractivity contribution in [3.05, 3.63) is 35.4 Å². The number of benzene rings is 1. The van der Waals surface area contributed by atoms with E-state index in [9.17, 15) is 4.79 Å². The Balaban J connectivity index is 1.24. The van der Waals surface area contributed by atoms with Crippen LogP contribution in [0.4, 0.5) is 0 Å². The summed E-state index contributed by atoms with van der Waals surface area (Å²) < 4.78 is 5.67. The van der Waals surface area contributed by atoms with E-state index < -0.39 is 0 Å². The lowest BCUT2D eigenvalue weighted by molar-refractivity contribution is -0.134. The summed E-state index contributed by atoms with van der Waals surface area (Å²) in [5.74, 6) is 2.51. The van der Waals surface area contributed by atoms with Gasteiger partial charge in [0, 0.05) is 43.7 Å². The summed E-state index contributed by atoms with van der Waals surface area (Å²) in [6.07, 6.45) is 9.46. The van der Waals surface area contributed by atoms with Crippen molar-refractivity contribution in [3.8, 4) is 5.75 Å². The van der Waals surface area contributed by atoms with Gasteiger partial charge in [0.25, 0.3) is 0 Å². The first-order valence-electron chi connectivity index (χ1n) is 10.6. The van der Waals surface area contributed by atoms with Crippen molar-refractivity contribution in [1.29, 1.82) is 0 Å². The largest absolute Gasteiger partial charge is 0.496 e. The van der Waals surface area contributed by atoms with E-state index in [1.165, 1.54) is 29.5 Å². The fourth-order valence-corrected chi connectivity index (χ4v) is 4.88. The average molecular weight is 367 g/mol. The van der Waals surface area contributed by atoms with E-state index in [1.807, 2.05) is 0 Å². The molecule has 4 nitrogen and oxygen atoms in total. The van der Waals surface area contributed by atoms with Crippen molar-refractivity contribution in [1.82, 2.24) is 9.80 Å². The van der Waals surface area contributed by atoms with Gasteiger partial charge in [-0.1, -0.05) is 18.2 Å². The number of hydrogen-bond donors (Lipinski definition) is 0. The number of likely N-dealkylation sites (tertiary alicyclic amines) is 1. The zero-order valence-electron chi connectivity index (χ0n) is 16.3. The van der Waals surface area contributed by atoms with E-state index in [1.54, 1.807) is 7.11 Å². The molecule has 2 saturated carbocycles. The molecule has 0 bridgehead atoms. The van der Waals surface area contributed by atoms with Crippen LogP contribution in [0.3, 0.4) is 0 Å². The molecule has 27 heavy (non-hydrogen) atoms. The zero-order chi connectivity index (χ0) is 18.4. The molecule has 4 heteroatoms. The maximum Gasteiger partial charge on any atom is 0.225 e. The first-order valence-corrected chi connectivity index (χ1v) is 10.6. The lowest BCUT2D eigenvalue weighted by Gasteiger charge is -2.37. The molecule has 3 fully saturated rings. The Hall–Kier alpha value is -1.81. The highest BCUT2D eigenvalue weighted by Crippen LogP contribution is 2.48. The standard InChI is InChI=1S/C23H30N2O2/c1-27-21-4-2-3-20(22(21)16-5-6-16)18-9-12-25(15-18)19-10-13-24(14-11-19)23(26)17-7-8-17/h2-4,9,16-17,19H,5-8,10-15H2,1H3. The van der Waals surface area contributed by atoms with E-state index >= 15 is 0 Å². The number of carbonyl (C=O) groups is 1. The molecule has 144 valence electrons. The van der Waals surface area contributed by atoms with E-state index in [4.69, 9.17) is 4.74 Å². The monoisotopic (exact) mass is 366 g/mol. The van der Waals surface area contributed by atoms with E-state index in [0.29, 0.717) is 23.8 Å². The Bertz CT molecular complexity index is 756. The molecule has 0 radical (unpaired) electrons. The Morgan fingerprint density at radius 1 is 1.07 bits per heavy atom. The van der Waals surface area contributed by atoms with Gasteiger partial charge >= 0.3 is 0 Å². The van der Waals surface area contributed by atoms with Gasteiger partial charge in [0.05, 0.1) is 7.11 Å². The summed E-state index contributed by atoms with van der Waals surface area (Å²) in [6, 6.07) is 7.13. The van der Waals surface area contributed by atoms with Gasteiger partial charge in [-0.15, -0.1) is 0 Å². The van der Waals surface area contributed by atoms with Crippen LogP contribution in [0.2, 0.25) is 0 Å². The minimum absolute atomic E-state index is 0.357. The van der Waals surface area contributed by atoms with Crippen molar-refractivity contribution in [2.24, 2.45) is 5.92 Å². The smallest absolute Gasteiger partial charge is 0.225 e. The van der Waals surface area contributed by atoms with Crippen molar-refractivity contribution >= 4 is 11.5 Å². The minimum atomic E-state index is 0.357. The molecule has 4 aliphatic rings. The van der Waals surface area contributed by atoms with E-state index in [0.717, 1.165) is 57.6 Å². The Kier molecular flexibility index (Phi) is 4.47. The van der Waals surface area contributed by atoms with Gasteiger partial charge in [0.1, 0.15) is 5.75 Å². The average Bonchev–Trinajstić information content (AvgIpc) is 3.65. The third-order valence-electron chi connectivity index (χ3n) is 6.78. The second kappa shape index (κ2) is 6.97. The molecule has 0 N–H and O–H groups in total. The first kappa shape index (κ1) is 17.3. The molecule has 1 aromatic carbocycles. The van der Waals surface area contributed by atoms with Crippen LogP contribution in [0.5, 0.6) is 5.75 Å². The van der Waals surface area contributed by atoms with Crippen LogP contribution in [0.25, 0.3) is 5.57 Å². The van der Waals surface area contributed by atoms with Crippen molar-refractivity contribution < 1.29 is 9.53 Å². The Morgan fingerprint density at radius 3 is 2.52 bits per heavy atom. The van der Waals surface area contributed by atoms with Gasteiger partial charge < -0.3 is 9.64 Å². The molecule has 2 aliphatic carbocycles. The summed E-state index contributed by atoms with van der Waals surface area (Å²) in [6.45, 7) is 3.96. The minimum Gasteiger partial charge on any atom is -0.496 e. The summed E-state index contributed by atoms with van der Waals surface area (Å²) in [5, 5.41) is 0. The van der Waals surface area contributed by atoms with Crippen LogP contribution in [-0.2, 0) is 4.79 Å². The number of ether oxygens (including phenoxy) is 1. The predicted octanol–water partition coefficient (Wildman–Crippen LogP) is 3.67. The van der Waals surface area contributed by atoms with Crippen molar-refractivity contribution in [3.63, 3.8) is 0 Å². The van der Waals surface area contributed by atoms with Crippen molar-refractivity contribution in [2.45, 2.75) is 50.5 Å². The first-order chi connectivity index (χ1) is 13.2. The second-order valence-corrected chi connectivity index (χ2v) is 8.69. The van der Waals surface area contributed by atoms with Gasteiger partial charge in [0.15, 0.2) is 0 Å². The second-order valence-electron chi connectivity index (χ2n) is 8.69. The number of carbonyl (C=O) groups excluding carboxylic acids is 1. The van der Waals surface area contributed by atoms with Crippen molar-refractivity contribution in [2.75, 3.05) is 33.3 Å². The van der Waals surface area contributed by atoms with Gasteiger partial charge in [-0.25, -0.2) is 0 Å². The molecule has 2 aliphatic heterocycles. The molecule has 1 amide bonds. The number of amides is 1. The molecule has 1 aromatic rings. The zero-order valence-corrected chi connectivity index (χ0v) is 16.3. The maximum absolute atomic E-state index is 12.3. The van der Waals surface area contributed by atoms with E-state index in [2.05, 4.69) is 34.1 Å². The van der Waals surface area contributed by atoms with Crippen LogP contribution < -0.4 is 4.74 Å². The number of rotatable bonds is 5.